The number of hydrogen-bond donors (Lipinski definition) is 0. The van der Waals surface area contributed by atoms with Gasteiger partial charge >= 0.3 is 0 Å². The van der Waals surface area contributed by atoms with E-state index in [-0.39, 0.29) is 0 Å². The summed E-state index contributed by atoms with van der Waals surface area (Å²) in [7, 11) is -18.0. The van der Waals surface area contributed by atoms with E-state index in [2.05, 4.69) is 37.2 Å². The van der Waals surface area contributed by atoms with E-state index in [1.54, 1.807) is 0 Å². The molecule has 0 saturated carbocycles. The van der Waals surface area contributed by atoms with Crippen LogP contribution in [0, 0.1) is 0 Å². The minimum Gasteiger partial charge on any atom is -0.810 e. The number of hydrogen-bond acceptors (Lipinski definition) is 10. The van der Waals surface area contributed by atoms with Crippen molar-refractivity contribution in [3.05, 3.63) is 0 Å². The van der Waals surface area contributed by atoms with Crippen LogP contribution in [0.15, 0.2) is 0 Å². The lowest BCUT2D eigenvalue weighted by atomic mass is 11.8. The molecule has 0 spiro atoms. The van der Waals surface area contributed by atoms with E-state index in [1.165, 1.54) is 0 Å². The van der Waals surface area contributed by atoms with Crippen LogP contribution in [-0.2, 0) is 18.3 Å². The van der Waals surface area contributed by atoms with Gasteiger partial charge in [0.05, 0.1) is 0 Å². The Balaban J connectivity index is -0.000000109. The molecule has 0 aliphatic carbocycles. The molecule has 0 aromatic rings. The van der Waals surface area contributed by atoms with Crippen LogP contribution in [-0.4, -0.2) is 25.6 Å². The smallest absolute Gasteiger partial charge is 0.129 e. The van der Waals surface area contributed by atoms with Crippen molar-refractivity contribution in [2.45, 2.75) is 0 Å². The Morgan fingerprint density at radius 1 is 0.818 bits per heavy atom. The van der Waals surface area contributed by atoms with Crippen LogP contribution in [0.4, 0.5) is 8.59 Å². The average Bonchev–Trinajstić information content (AvgIpc) is 2.12. The van der Waals surface area contributed by atoms with E-state index in [4.69, 9.17) is 14.4 Å². The molecule has 0 bridgehead atoms. The minimum atomic E-state index is -5.64. The molecule has 0 heterocycles. The molecule has 0 saturated heterocycles. The molecule has 0 N–H and O–H groups in total. The molecule has 0 aromatic carbocycles. The van der Waals surface area contributed by atoms with E-state index in [0.29, 0.717) is 0 Å². The summed E-state index contributed by atoms with van der Waals surface area (Å²) >= 11 is 4.24. The summed E-state index contributed by atoms with van der Waals surface area (Å²) in [6.45, 7) is 1.59. The Morgan fingerprint density at radius 3 is 1.00 bits per heavy atom. The van der Waals surface area contributed by atoms with Crippen molar-refractivity contribution in [1.29, 1.82) is 0 Å². The monoisotopic (exact) mass is 634 g/mol. The first-order valence-electron chi connectivity index (χ1n) is 4.25. The zero-order chi connectivity index (χ0) is 19.4. The summed E-state index contributed by atoms with van der Waals surface area (Å²) in [5.41, 5.74) is 0. The van der Waals surface area contributed by atoms with Crippen LogP contribution in [0.2, 0.25) is 0 Å². The van der Waals surface area contributed by atoms with E-state index in [0.717, 1.165) is 13.3 Å². The predicted molar refractivity (Wildman–Crippen MR) is 82.3 cm³/mol. The maximum Gasteiger partial charge on any atom is 0.129 e. The number of halogens is 4. The minimum absolute atomic E-state index is 0.718. The third kappa shape index (κ3) is 80.2. The van der Waals surface area contributed by atoms with Gasteiger partial charge in [0.1, 0.15) is 14.3 Å². The van der Waals surface area contributed by atoms with E-state index < -0.39 is 42.6 Å². The zero-order valence-electron chi connectivity index (χ0n) is 10.8. The van der Waals surface area contributed by atoms with Crippen LogP contribution in [0.3, 0.4) is 0 Å². The molecule has 18 heteroatoms. The highest BCUT2D eigenvalue weighted by atomic mass is 128. The van der Waals surface area contributed by atoms with Crippen molar-refractivity contribution in [2.75, 3.05) is 25.6 Å². The lowest BCUT2D eigenvalue weighted by Gasteiger charge is -2.34. The van der Waals surface area contributed by atoms with Gasteiger partial charge in [-0.05, 0) is 13.3 Å². The van der Waals surface area contributed by atoms with Crippen molar-refractivity contribution in [2.24, 2.45) is 0 Å². The van der Waals surface area contributed by atoms with Gasteiger partial charge in [-0.25, -0.2) is 8.59 Å². The van der Waals surface area contributed by atoms with E-state index in [9.17, 15) is 41.9 Å². The van der Waals surface area contributed by atoms with Crippen molar-refractivity contribution in [3.63, 3.8) is 0 Å². The second-order valence-electron chi connectivity index (χ2n) is 3.33. The molecule has 0 aromatic heterocycles. The first kappa shape index (κ1) is 31.7. The summed E-state index contributed by atoms with van der Waals surface area (Å²) in [6, 6.07) is 0. The molecule has 140 valence electrons. The number of alkyl halides is 1. The molecule has 2 atom stereocenters. The molecule has 0 amide bonds. The Hall–Kier alpha value is 2.00. The molecule has 0 aliphatic heterocycles. The SMILES string of the molecule is CP(=O)([O-])CF.CP(=O)([O-])CP(=O)([O-])[O-].II.O=P([O-])([O-])F. The van der Waals surface area contributed by atoms with Gasteiger partial charge in [-0.3, -0.25) is 0 Å². The molecule has 22 heavy (non-hydrogen) atoms. The zero-order valence-corrected chi connectivity index (χ0v) is 18.7. The highest BCUT2D eigenvalue weighted by molar-refractivity contribution is 15.0. The second-order valence-corrected chi connectivity index (χ2v) is 10.8. The average molecular weight is 634 g/mol. The lowest BCUT2D eigenvalue weighted by Crippen LogP contribution is -2.19. The lowest BCUT2D eigenvalue weighted by molar-refractivity contribution is -0.328. The first-order chi connectivity index (χ1) is 9.27. The molecule has 0 fully saturated rings. The topological polar surface area (TPSA) is 207 Å². The Kier molecular flexibility index (Phi) is 20.5. The Morgan fingerprint density at radius 2 is 1.00 bits per heavy atom. The highest BCUT2D eigenvalue weighted by Gasteiger charge is 2.00. The van der Waals surface area contributed by atoms with Gasteiger partial charge < -0.3 is 47.6 Å². The molecule has 0 radical (unpaired) electrons. The molecule has 10 nitrogen and oxygen atoms in total. The van der Waals surface area contributed by atoms with Crippen LogP contribution in [0.5, 0.6) is 0 Å². The van der Waals surface area contributed by atoms with Gasteiger partial charge in [-0.15, -0.1) is 0 Å². The summed E-state index contributed by atoms with van der Waals surface area (Å²) in [6.07, 6.45) is -1.23. The van der Waals surface area contributed by atoms with Crippen LogP contribution >= 0.6 is 67.5 Å². The normalized spacial score (nSPS) is 16.2. The third-order valence-corrected chi connectivity index (χ3v) is 4.52. The summed E-state index contributed by atoms with van der Waals surface area (Å²) < 4.78 is 59.0. The van der Waals surface area contributed by atoms with Gasteiger partial charge in [0.15, 0.2) is 0 Å². The van der Waals surface area contributed by atoms with Crippen molar-refractivity contribution < 1.29 is 56.2 Å². The molecule has 0 aliphatic rings. The van der Waals surface area contributed by atoms with Gasteiger partial charge in [0, 0.05) is 57.9 Å². The van der Waals surface area contributed by atoms with Gasteiger partial charge in [-0.1, -0.05) is 7.60 Å². The molecule has 2 unspecified atom stereocenters. The van der Waals surface area contributed by atoms with Gasteiger partial charge in [-0.2, -0.15) is 0 Å². The standard InChI is InChI=1S/C2H6FO2P.C2H8O5P2.FH2O3P.I2/c1-6(4,5)2-3;1-8(3,4)2-9(5,6)7;1-5(2,3)4;1-2/h2H2,1H3,(H,4,5);2H2,1H3,(H,3,4)(H2,5,6,7);(H2,2,3,4);/p-6. The summed E-state index contributed by atoms with van der Waals surface area (Å²) in [5, 5.41) is 0. The second kappa shape index (κ2) is 14.2. The first-order valence-corrected chi connectivity index (χ1v) is 18.2. The third-order valence-electron chi connectivity index (χ3n) is 0.647. The van der Waals surface area contributed by atoms with E-state index >= 15 is 0 Å². The van der Waals surface area contributed by atoms with Crippen LogP contribution in [0.25, 0.3) is 0 Å². The molecular formula is C4H10F2I2O10P4-6. The fourth-order valence-electron chi connectivity index (χ4n) is 0.315. The van der Waals surface area contributed by atoms with Crippen molar-refractivity contribution >= 4 is 67.5 Å². The van der Waals surface area contributed by atoms with Gasteiger partial charge in [0.25, 0.3) is 0 Å². The fourth-order valence-corrected chi connectivity index (χ4v) is 2.83. The number of rotatable bonds is 3. The highest BCUT2D eigenvalue weighted by Crippen LogP contribution is 2.43. The Labute approximate surface area is 148 Å². The summed E-state index contributed by atoms with van der Waals surface area (Å²) in [5.74, 6) is -1.26. The summed E-state index contributed by atoms with van der Waals surface area (Å²) in [4.78, 5) is 56.1. The Bertz CT molecular complexity index is 422. The fraction of sp³-hybridized carbons (Fsp3) is 1.00. The predicted octanol–water partition coefficient (Wildman–Crippen LogP) is -1.14. The molecular weight excluding hydrogens is 624 g/mol. The quantitative estimate of drug-likeness (QED) is 0.270. The largest absolute Gasteiger partial charge is 0.810 e. The molecule has 0 rings (SSSR count). The van der Waals surface area contributed by atoms with Crippen LogP contribution in [0.1, 0.15) is 0 Å². The van der Waals surface area contributed by atoms with Crippen molar-refractivity contribution in [1.82, 2.24) is 0 Å². The maximum atomic E-state index is 10.9. The van der Waals surface area contributed by atoms with Crippen LogP contribution < -0.4 is 29.4 Å². The van der Waals surface area contributed by atoms with E-state index in [1.807, 2.05) is 0 Å². The maximum absolute atomic E-state index is 10.9. The van der Waals surface area contributed by atoms with Gasteiger partial charge in [0.2, 0.25) is 0 Å². The van der Waals surface area contributed by atoms with Crippen molar-refractivity contribution in [3.8, 4) is 0 Å².